The fourth-order valence-electron chi connectivity index (χ4n) is 2.84. The van der Waals surface area contributed by atoms with E-state index in [9.17, 15) is 14.4 Å². The van der Waals surface area contributed by atoms with Gasteiger partial charge in [-0.15, -0.1) is 0 Å². The van der Waals surface area contributed by atoms with E-state index < -0.39 is 12.0 Å². The summed E-state index contributed by atoms with van der Waals surface area (Å²) in [5.41, 5.74) is 7.07. The molecule has 1 saturated heterocycles. The van der Waals surface area contributed by atoms with Crippen LogP contribution in [0.3, 0.4) is 0 Å². The molecule has 0 aromatic carbocycles. The number of esters is 1. The topological polar surface area (TPSA) is 103 Å². The monoisotopic (exact) mass is 319 g/mol. The molecule has 7 heteroatoms. The normalized spacial score (nSPS) is 17.2. The minimum atomic E-state index is -0.547. The summed E-state index contributed by atoms with van der Waals surface area (Å²) in [7, 11) is 0. The number of Topliss-reactive ketones (excluding diaryl/α,β-unsaturated/α-hetero) is 1. The molecule has 0 unspecified atom stereocenters. The van der Waals surface area contributed by atoms with Gasteiger partial charge in [0.2, 0.25) is 0 Å². The third-order valence-electron chi connectivity index (χ3n) is 4.07. The Morgan fingerprint density at radius 1 is 1.30 bits per heavy atom. The molecule has 2 N–H and O–H groups in total. The summed E-state index contributed by atoms with van der Waals surface area (Å²) in [5, 5.41) is 0. The first-order valence-electron chi connectivity index (χ1n) is 7.53. The van der Waals surface area contributed by atoms with Gasteiger partial charge in [-0.1, -0.05) is 0 Å². The number of ether oxygens (including phenoxy) is 1. The Morgan fingerprint density at radius 2 is 1.96 bits per heavy atom. The number of aryl methyl sites for hydroxylation is 2. The van der Waals surface area contributed by atoms with Crippen molar-refractivity contribution < 1.29 is 19.1 Å². The number of nitrogens with two attached hydrogens (primary N) is 1. The number of urea groups is 1. The number of pyridine rings is 1. The average molecular weight is 319 g/mol. The van der Waals surface area contributed by atoms with Crippen molar-refractivity contribution in [1.29, 1.82) is 0 Å². The number of aromatic nitrogens is 1. The Kier molecular flexibility index (Phi) is 4.98. The zero-order valence-electron chi connectivity index (χ0n) is 13.6. The van der Waals surface area contributed by atoms with Crippen molar-refractivity contribution in [2.75, 3.05) is 13.2 Å². The van der Waals surface area contributed by atoms with E-state index in [1.54, 1.807) is 13.8 Å². The molecule has 0 radical (unpaired) electrons. The molecule has 0 aliphatic carbocycles. The van der Waals surface area contributed by atoms with Crippen LogP contribution in [-0.4, -0.2) is 46.9 Å². The SMILES string of the molecule is CC(=O)c1cc(C(=O)OC[C@H]2CCCN2C(N)=O)c(C)nc1C. The molecule has 1 aromatic heterocycles. The van der Waals surface area contributed by atoms with Crippen LogP contribution >= 0.6 is 0 Å². The number of hydrogen-bond acceptors (Lipinski definition) is 5. The second-order valence-electron chi connectivity index (χ2n) is 5.74. The predicted molar refractivity (Wildman–Crippen MR) is 83.3 cm³/mol. The highest BCUT2D eigenvalue weighted by molar-refractivity contribution is 5.99. The maximum absolute atomic E-state index is 12.3. The second-order valence-corrected chi connectivity index (χ2v) is 5.74. The number of carbonyl (C=O) groups excluding carboxylic acids is 3. The van der Waals surface area contributed by atoms with Crippen LogP contribution in [0.1, 0.15) is 51.9 Å². The van der Waals surface area contributed by atoms with Gasteiger partial charge in [-0.2, -0.15) is 0 Å². The van der Waals surface area contributed by atoms with Crippen LogP contribution in [0.2, 0.25) is 0 Å². The van der Waals surface area contributed by atoms with Crippen LogP contribution < -0.4 is 5.73 Å². The van der Waals surface area contributed by atoms with Crippen molar-refractivity contribution in [2.24, 2.45) is 5.73 Å². The minimum absolute atomic E-state index is 0.0878. The van der Waals surface area contributed by atoms with Crippen molar-refractivity contribution in [3.05, 3.63) is 28.6 Å². The zero-order chi connectivity index (χ0) is 17.1. The predicted octanol–water partition coefficient (Wildman–Crippen LogP) is 1.60. The highest BCUT2D eigenvalue weighted by Crippen LogP contribution is 2.19. The standard InChI is InChI=1S/C16H21N3O4/c1-9-13(11(3)20)7-14(10(2)18-9)15(21)23-8-12-5-4-6-19(12)16(17)22/h7,12H,4-6,8H2,1-3H3,(H2,17,22)/t12-/m1/s1. The molecule has 1 atom stereocenters. The molecule has 1 aliphatic rings. The highest BCUT2D eigenvalue weighted by Gasteiger charge is 2.28. The van der Waals surface area contributed by atoms with Crippen LogP contribution in [0.15, 0.2) is 6.07 Å². The average Bonchev–Trinajstić information content (AvgIpc) is 2.93. The molecule has 2 heterocycles. The fraction of sp³-hybridized carbons (Fsp3) is 0.500. The van der Waals surface area contributed by atoms with Crippen molar-refractivity contribution in [3.8, 4) is 0 Å². The number of likely N-dealkylation sites (tertiary alicyclic amines) is 1. The Hall–Kier alpha value is -2.44. The summed E-state index contributed by atoms with van der Waals surface area (Å²) in [6, 6.07) is 0.820. The van der Waals surface area contributed by atoms with Gasteiger partial charge in [0.25, 0.3) is 0 Å². The van der Waals surface area contributed by atoms with E-state index in [0.717, 1.165) is 12.8 Å². The van der Waals surface area contributed by atoms with E-state index in [0.29, 0.717) is 23.5 Å². The van der Waals surface area contributed by atoms with E-state index in [-0.39, 0.29) is 24.0 Å². The second kappa shape index (κ2) is 6.76. The Labute approximate surface area is 134 Å². The smallest absolute Gasteiger partial charge is 0.340 e. The zero-order valence-corrected chi connectivity index (χ0v) is 13.6. The van der Waals surface area contributed by atoms with Crippen LogP contribution in [0, 0.1) is 13.8 Å². The number of carbonyl (C=O) groups is 3. The Morgan fingerprint density at radius 3 is 2.57 bits per heavy atom. The van der Waals surface area contributed by atoms with Crippen molar-refractivity contribution in [3.63, 3.8) is 0 Å². The maximum Gasteiger partial charge on any atom is 0.340 e. The number of rotatable bonds is 4. The quantitative estimate of drug-likeness (QED) is 0.671. The third kappa shape index (κ3) is 3.67. The molecule has 23 heavy (non-hydrogen) atoms. The van der Waals surface area contributed by atoms with Crippen molar-refractivity contribution in [1.82, 2.24) is 9.88 Å². The van der Waals surface area contributed by atoms with Gasteiger partial charge in [0.15, 0.2) is 5.78 Å². The molecule has 1 aromatic rings. The van der Waals surface area contributed by atoms with E-state index in [2.05, 4.69) is 4.98 Å². The summed E-state index contributed by atoms with van der Waals surface area (Å²) < 4.78 is 5.31. The number of primary amides is 1. The summed E-state index contributed by atoms with van der Waals surface area (Å²) in [6.07, 6.45) is 1.59. The largest absolute Gasteiger partial charge is 0.460 e. The van der Waals surface area contributed by atoms with E-state index in [1.165, 1.54) is 17.9 Å². The van der Waals surface area contributed by atoms with Gasteiger partial charge in [0.1, 0.15) is 6.61 Å². The lowest BCUT2D eigenvalue weighted by Gasteiger charge is -2.22. The molecule has 7 nitrogen and oxygen atoms in total. The molecular weight excluding hydrogens is 298 g/mol. The first kappa shape index (κ1) is 16.9. The van der Waals surface area contributed by atoms with Gasteiger partial charge in [0.05, 0.1) is 17.3 Å². The van der Waals surface area contributed by atoms with Gasteiger partial charge >= 0.3 is 12.0 Å². The molecule has 2 rings (SSSR count). The Bertz CT molecular complexity index is 657. The summed E-state index contributed by atoms with van der Waals surface area (Å²) in [4.78, 5) is 40.9. The number of amides is 2. The lowest BCUT2D eigenvalue weighted by Crippen LogP contribution is -2.42. The third-order valence-corrected chi connectivity index (χ3v) is 4.07. The van der Waals surface area contributed by atoms with E-state index in [4.69, 9.17) is 10.5 Å². The molecule has 0 saturated carbocycles. The van der Waals surface area contributed by atoms with E-state index in [1.807, 2.05) is 0 Å². The summed E-state index contributed by atoms with van der Waals surface area (Å²) >= 11 is 0. The highest BCUT2D eigenvalue weighted by atomic mass is 16.5. The summed E-state index contributed by atoms with van der Waals surface area (Å²) in [6.45, 7) is 5.51. The fourth-order valence-corrected chi connectivity index (χ4v) is 2.84. The number of ketones is 1. The van der Waals surface area contributed by atoms with Gasteiger partial charge in [-0.05, 0) is 39.7 Å². The molecule has 124 valence electrons. The minimum Gasteiger partial charge on any atom is -0.460 e. The molecule has 0 bridgehead atoms. The van der Waals surface area contributed by atoms with Gasteiger partial charge in [0, 0.05) is 17.8 Å². The Balaban J connectivity index is 2.10. The maximum atomic E-state index is 12.3. The van der Waals surface area contributed by atoms with Crippen LogP contribution in [0.25, 0.3) is 0 Å². The molecule has 1 aliphatic heterocycles. The van der Waals surface area contributed by atoms with Gasteiger partial charge in [-0.25, -0.2) is 9.59 Å². The van der Waals surface area contributed by atoms with Crippen molar-refractivity contribution >= 4 is 17.8 Å². The van der Waals surface area contributed by atoms with Crippen LogP contribution in [0.4, 0.5) is 4.79 Å². The lowest BCUT2D eigenvalue weighted by molar-refractivity contribution is 0.0420. The van der Waals surface area contributed by atoms with Crippen molar-refractivity contribution in [2.45, 2.75) is 39.7 Å². The van der Waals surface area contributed by atoms with Gasteiger partial charge < -0.3 is 15.4 Å². The number of nitrogens with zero attached hydrogens (tertiary/aromatic N) is 2. The summed E-state index contributed by atoms with van der Waals surface area (Å²) in [5.74, 6) is -0.700. The first-order chi connectivity index (χ1) is 10.8. The molecular formula is C16H21N3O4. The lowest BCUT2D eigenvalue weighted by atomic mass is 10.1. The van der Waals surface area contributed by atoms with Crippen LogP contribution in [0.5, 0.6) is 0 Å². The van der Waals surface area contributed by atoms with Gasteiger partial charge in [-0.3, -0.25) is 9.78 Å². The number of hydrogen-bond donors (Lipinski definition) is 1. The first-order valence-corrected chi connectivity index (χ1v) is 7.53. The van der Waals surface area contributed by atoms with E-state index >= 15 is 0 Å². The molecule has 2 amide bonds. The molecule has 1 fully saturated rings. The van der Waals surface area contributed by atoms with Crippen LogP contribution in [-0.2, 0) is 4.74 Å². The molecule has 0 spiro atoms.